The van der Waals surface area contributed by atoms with E-state index in [9.17, 15) is 9.90 Å². The number of aromatic hydroxyl groups is 1. The van der Waals surface area contributed by atoms with Crippen molar-refractivity contribution in [1.29, 1.82) is 0 Å². The fourth-order valence-electron chi connectivity index (χ4n) is 3.82. The zero-order chi connectivity index (χ0) is 22.2. The van der Waals surface area contributed by atoms with Crippen molar-refractivity contribution in [3.05, 3.63) is 59.3 Å². The number of aryl methyl sites for hydroxylation is 1. The standard InChI is InChI=1S/C26H30N2O3/c1-16-5-9-18(10-6-16)24-20-14-19(29)11-12-22(20)28-23(13-17-7-8-17)21(24)15-27-25(30)31-26(2,3)4/h5-6,9-12,14,17,29H,7-8,13,15H2,1-4H3,(H,27,30). The smallest absolute Gasteiger partial charge is 0.407 e. The average Bonchev–Trinajstić information content (AvgIpc) is 3.50. The molecule has 31 heavy (non-hydrogen) atoms. The molecule has 1 aliphatic carbocycles. The van der Waals surface area contributed by atoms with Gasteiger partial charge in [-0.2, -0.15) is 0 Å². The molecule has 1 amide bonds. The Morgan fingerprint density at radius 2 is 1.87 bits per heavy atom. The quantitative estimate of drug-likeness (QED) is 0.542. The fraction of sp³-hybridized carbons (Fsp3) is 0.385. The van der Waals surface area contributed by atoms with E-state index in [2.05, 4.69) is 36.5 Å². The van der Waals surface area contributed by atoms with Crippen LogP contribution in [-0.4, -0.2) is 21.8 Å². The number of phenols is 1. The molecule has 4 rings (SSSR count). The van der Waals surface area contributed by atoms with E-state index in [0.717, 1.165) is 39.7 Å². The van der Waals surface area contributed by atoms with Crippen LogP contribution in [0.15, 0.2) is 42.5 Å². The Morgan fingerprint density at radius 3 is 2.52 bits per heavy atom. The Hall–Kier alpha value is -3.08. The number of alkyl carbamates (subject to hydrolysis) is 1. The Labute approximate surface area is 183 Å². The highest BCUT2D eigenvalue weighted by molar-refractivity contribution is 5.97. The number of nitrogens with one attached hydrogen (secondary N) is 1. The molecular weight excluding hydrogens is 388 g/mol. The molecule has 0 radical (unpaired) electrons. The first kappa shape index (κ1) is 21.2. The second-order valence-corrected chi connectivity index (χ2v) is 9.48. The predicted octanol–water partition coefficient (Wildman–Crippen LogP) is 5.89. The third-order valence-electron chi connectivity index (χ3n) is 5.48. The molecule has 1 saturated carbocycles. The minimum Gasteiger partial charge on any atom is -0.508 e. The number of amides is 1. The summed E-state index contributed by atoms with van der Waals surface area (Å²) in [6.07, 6.45) is 2.87. The fourth-order valence-corrected chi connectivity index (χ4v) is 3.82. The summed E-state index contributed by atoms with van der Waals surface area (Å²) in [6.45, 7) is 7.93. The molecule has 0 bridgehead atoms. The lowest BCUT2D eigenvalue weighted by molar-refractivity contribution is 0.0523. The Bertz CT molecular complexity index is 1110. The van der Waals surface area contributed by atoms with Gasteiger partial charge >= 0.3 is 6.09 Å². The van der Waals surface area contributed by atoms with Crippen LogP contribution < -0.4 is 5.32 Å². The molecule has 0 spiro atoms. The molecule has 0 saturated heterocycles. The van der Waals surface area contributed by atoms with Crippen molar-refractivity contribution in [2.75, 3.05) is 0 Å². The summed E-state index contributed by atoms with van der Waals surface area (Å²) in [7, 11) is 0. The molecule has 0 aliphatic heterocycles. The van der Waals surface area contributed by atoms with Crippen LogP contribution in [0.1, 0.15) is 50.4 Å². The molecule has 1 aliphatic rings. The van der Waals surface area contributed by atoms with Gasteiger partial charge in [0.2, 0.25) is 0 Å². The lowest BCUT2D eigenvalue weighted by atomic mass is 9.92. The molecule has 162 valence electrons. The van der Waals surface area contributed by atoms with E-state index in [1.807, 2.05) is 26.8 Å². The number of aromatic nitrogens is 1. The maximum atomic E-state index is 12.4. The van der Waals surface area contributed by atoms with E-state index in [1.54, 1.807) is 12.1 Å². The maximum absolute atomic E-state index is 12.4. The molecule has 5 heteroatoms. The van der Waals surface area contributed by atoms with Crippen LogP contribution in [0, 0.1) is 12.8 Å². The van der Waals surface area contributed by atoms with E-state index in [-0.39, 0.29) is 5.75 Å². The van der Waals surface area contributed by atoms with Gasteiger partial charge in [0.1, 0.15) is 11.4 Å². The van der Waals surface area contributed by atoms with Crippen LogP contribution in [0.4, 0.5) is 4.79 Å². The molecular formula is C26H30N2O3. The van der Waals surface area contributed by atoms with Crippen molar-refractivity contribution in [3.8, 4) is 16.9 Å². The van der Waals surface area contributed by atoms with Crippen LogP contribution in [0.3, 0.4) is 0 Å². The molecule has 0 atom stereocenters. The summed E-state index contributed by atoms with van der Waals surface area (Å²) in [5.74, 6) is 0.844. The highest BCUT2D eigenvalue weighted by Crippen LogP contribution is 2.39. The van der Waals surface area contributed by atoms with Gasteiger partial charge in [-0.25, -0.2) is 4.79 Å². The van der Waals surface area contributed by atoms with Crippen LogP contribution >= 0.6 is 0 Å². The van der Waals surface area contributed by atoms with Gasteiger partial charge in [0.15, 0.2) is 0 Å². The Morgan fingerprint density at radius 1 is 1.16 bits per heavy atom. The number of hydrogen-bond donors (Lipinski definition) is 2. The molecule has 1 heterocycles. The first-order valence-electron chi connectivity index (χ1n) is 10.9. The van der Waals surface area contributed by atoms with Crippen LogP contribution in [0.25, 0.3) is 22.0 Å². The van der Waals surface area contributed by atoms with Crippen molar-refractivity contribution < 1.29 is 14.6 Å². The second-order valence-electron chi connectivity index (χ2n) is 9.48. The van der Waals surface area contributed by atoms with E-state index in [1.165, 1.54) is 18.4 Å². The van der Waals surface area contributed by atoms with Gasteiger partial charge in [-0.05, 0) is 82.2 Å². The number of phenolic OH excluding ortho intramolecular Hbond substituents is 1. The Balaban J connectivity index is 1.84. The van der Waals surface area contributed by atoms with Crippen molar-refractivity contribution in [1.82, 2.24) is 10.3 Å². The molecule has 2 aromatic carbocycles. The van der Waals surface area contributed by atoms with Crippen LogP contribution in [0.2, 0.25) is 0 Å². The molecule has 5 nitrogen and oxygen atoms in total. The molecule has 2 N–H and O–H groups in total. The first-order valence-corrected chi connectivity index (χ1v) is 10.9. The van der Waals surface area contributed by atoms with Crippen LogP contribution in [-0.2, 0) is 17.7 Å². The van der Waals surface area contributed by atoms with E-state index < -0.39 is 11.7 Å². The number of carbonyl (C=O) groups excluding carboxylic acids is 1. The topological polar surface area (TPSA) is 71.5 Å². The number of benzene rings is 2. The number of nitrogens with zero attached hydrogens (tertiary/aromatic N) is 1. The van der Waals surface area contributed by atoms with Crippen LogP contribution in [0.5, 0.6) is 5.75 Å². The number of hydrogen-bond acceptors (Lipinski definition) is 4. The first-order chi connectivity index (χ1) is 14.7. The largest absolute Gasteiger partial charge is 0.508 e. The molecule has 0 unspecified atom stereocenters. The number of pyridine rings is 1. The number of rotatable bonds is 5. The molecule has 1 fully saturated rings. The van der Waals surface area contributed by atoms with E-state index >= 15 is 0 Å². The maximum Gasteiger partial charge on any atom is 0.407 e. The van der Waals surface area contributed by atoms with Gasteiger partial charge in [0.25, 0.3) is 0 Å². The summed E-state index contributed by atoms with van der Waals surface area (Å²) in [5, 5.41) is 14.0. The summed E-state index contributed by atoms with van der Waals surface area (Å²) >= 11 is 0. The number of carbonyl (C=O) groups is 1. The van der Waals surface area contributed by atoms with Gasteiger partial charge in [0, 0.05) is 23.2 Å². The number of fused-ring (bicyclic) bond motifs is 1. The third-order valence-corrected chi connectivity index (χ3v) is 5.48. The average molecular weight is 419 g/mol. The van der Waals surface area contributed by atoms with Gasteiger partial charge in [0.05, 0.1) is 5.52 Å². The minimum absolute atomic E-state index is 0.198. The van der Waals surface area contributed by atoms with Gasteiger partial charge in [-0.3, -0.25) is 4.98 Å². The summed E-state index contributed by atoms with van der Waals surface area (Å²) in [5.41, 5.74) is 5.51. The lowest BCUT2D eigenvalue weighted by Gasteiger charge is -2.22. The van der Waals surface area contributed by atoms with Gasteiger partial charge in [-0.1, -0.05) is 29.8 Å². The minimum atomic E-state index is -0.561. The molecule has 1 aromatic heterocycles. The zero-order valence-corrected chi connectivity index (χ0v) is 18.7. The van der Waals surface area contributed by atoms with E-state index in [4.69, 9.17) is 9.72 Å². The second kappa shape index (κ2) is 8.22. The van der Waals surface area contributed by atoms with Crippen molar-refractivity contribution >= 4 is 17.0 Å². The lowest BCUT2D eigenvalue weighted by Crippen LogP contribution is -2.32. The predicted molar refractivity (Wildman–Crippen MR) is 123 cm³/mol. The third kappa shape index (κ3) is 5.16. The summed E-state index contributed by atoms with van der Waals surface area (Å²) in [6, 6.07) is 13.6. The monoisotopic (exact) mass is 418 g/mol. The van der Waals surface area contributed by atoms with Crippen molar-refractivity contribution in [2.24, 2.45) is 5.92 Å². The highest BCUT2D eigenvalue weighted by Gasteiger charge is 2.26. The van der Waals surface area contributed by atoms with Crippen molar-refractivity contribution in [2.45, 2.75) is 59.1 Å². The zero-order valence-electron chi connectivity index (χ0n) is 18.7. The summed E-state index contributed by atoms with van der Waals surface area (Å²) in [4.78, 5) is 17.3. The van der Waals surface area contributed by atoms with Gasteiger partial charge in [-0.15, -0.1) is 0 Å². The summed E-state index contributed by atoms with van der Waals surface area (Å²) < 4.78 is 5.45. The molecule has 3 aromatic rings. The SMILES string of the molecule is Cc1ccc(-c2c(CNC(=O)OC(C)(C)C)c(CC3CC3)nc3ccc(O)cc23)cc1. The van der Waals surface area contributed by atoms with E-state index in [0.29, 0.717) is 12.5 Å². The Kier molecular flexibility index (Phi) is 5.61. The highest BCUT2D eigenvalue weighted by atomic mass is 16.6. The number of ether oxygens (including phenoxy) is 1. The van der Waals surface area contributed by atoms with Gasteiger partial charge < -0.3 is 15.2 Å². The normalized spacial score (nSPS) is 13.9. The van der Waals surface area contributed by atoms with Crippen molar-refractivity contribution in [3.63, 3.8) is 0 Å².